The van der Waals surface area contributed by atoms with Gasteiger partial charge in [0.2, 0.25) is 0 Å². The van der Waals surface area contributed by atoms with E-state index in [0.29, 0.717) is 11.0 Å². The predicted molar refractivity (Wildman–Crippen MR) is 102 cm³/mol. The first-order valence-electron chi connectivity index (χ1n) is 8.10. The molecule has 3 heterocycles. The molecule has 0 aliphatic rings. The first-order chi connectivity index (χ1) is 12.2. The molecule has 0 saturated heterocycles. The van der Waals surface area contributed by atoms with E-state index in [2.05, 4.69) is 20.3 Å². The lowest BCUT2D eigenvalue weighted by molar-refractivity contribution is 0.0635. The molecule has 3 aromatic heterocycles. The number of fused-ring (bicyclic) bond motifs is 1. The third-order valence-electron chi connectivity index (χ3n) is 3.49. The number of hydrogen-bond acceptors (Lipinski definition) is 5. The monoisotopic (exact) mass is 370 g/mol. The summed E-state index contributed by atoms with van der Waals surface area (Å²) in [5.41, 5.74) is 2.74. The van der Waals surface area contributed by atoms with Crippen molar-refractivity contribution >= 4 is 34.4 Å². The molecule has 0 aliphatic carbocycles. The molecule has 134 valence electrons. The number of amides is 1. The average Bonchev–Trinajstić information content (AvgIpc) is 2.51. The average molecular weight is 371 g/mol. The van der Waals surface area contributed by atoms with Crippen molar-refractivity contribution in [3.63, 3.8) is 0 Å². The molecule has 6 nitrogen and oxygen atoms in total. The highest BCUT2D eigenvalue weighted by atomic mass is 35.5. The minimum Gasteiger partial charge on any atom is -0.444 e. The summed E-state index contributed by atoms with van der Waals surface area (Å²) in [7, 11) is 0. The van der Waals surface area contributed by atoms with Gasteiger partial charge in [-0.3, -0.25) is 10.3 Å². The number of nitrogens with one attached hydrogen (secondary N) is 1. The van der Waals surface area contributed by atoms with E-state index in [1.165, 1.54) is 0 Å². The first-order valence-corrected chi connectivity index (χ1v) is 8.48. The Kier molecular flexibility index (Phi) is 4.78. The summed E-state index contributed by atoms with van der Waals surface area (Å²) in [6.07, 6.45) is 2.80. The quantitative estimate of drug-likeness (QED) is 0.642. The molecule has 1 amide bonds. The minimum absolute atomic E-state index is 0.393. The molecule has 0 radical (unpaired) electrons. The van der Waals surface area contributed by atoms with Crippen molar-refractivity contribution in [3.05, 3.63) is 47.5 Å². The van der Waals surface area contributed by atoms with Crippen molar-refractivity contribution in [1.82, 2.24) is 15.0 Å². The number of aromatic nitrogens is 3. The van der Waals surface area contributed by atoms with Crippen LogP contribution in [0.2, 0.25) is 5.15 Å². The van der Waals surface area contributed by atoms with Crippen molar-refractivity contribution in [2.24, 2.45) is 0 Å². The van der Waals surface area contributed by atoms with E-state index < -0.39 is 11.7 Å². The Morgan fingerprint density at radius 1 is 1.19 bits per heavy atom. The molecular formula is C19H19ClN4O2. The molecule has 3 aromatic rings. The number of anilines is 1. The Balaban J connectivity index is 2.01. The van der Waals surface area contributed by atoms with E-state index in [1.54, 1.807) is 24.5 Å². The Bertz CT molecular complexity index is 983. The van der Waals surface area contributed by atoms with Crippen LogP contribution in [-0.4, -0.2) is 26.6 Å². The first kappa shape index (κ1) is 18.1. The Morgan fingerprint density at radius 3 is 2.69 bits per heavy atom. The number of pyridine rings is 3. The zero-order valence-electron chi connectivity index (χ0n) is 15.0. The molecule has 0 spiro atoms. The number of carbonyl (C=O) groups excluding carboxylic acids is 1. The lowest BCUT2D eigenvalue weighted by Gasteiger charge is -2.19. The zero-order chi connectivity index (χ0) is 18.9. The Labute approximate surface area is 156 Å². The molecule has 0 fully saturated rings. The maximum atomic E-state index is 12.0. The minimum atomic E-state index is -0.582. The second-order valence-electron chi connectivity index (χ2n) is 6.89. The van der Waals surface area contributed by atoms with Crippen LogP contribution < -0.4 is 5.32 Å². The van der Waals surface area contributed by atoms with Crippen molar-refractivity contribution in [3.8, 4) is 11.1 Å². The van der Waals surface area contributed by atoms with Crippen LogP contribution in [0.25, 0.3) is 22.0 Å². The fourth-order valence-corrected chi connectivity index (χ4v) is 2.73. The molecule has 0 unspecified atom stereocenters. The van der Waals surface area contributed by atoms with Crippen molar-refractivity contribution in [1.29, 1.82) is 0 Å². The maximum Gasteiger partial charge on any atom is 0.413 e. The topological polar surface area (TPSA) is 77.0 Å². The maximum absolute atomic E-state index is 12.0. The van der Waals surface area contributed by atoms with Gasteiger partial charge in [-0.05, 0) is 63.1 Å². The molecule has 0 aromatic carbocycles. The molecule has 26 heavy (non-hydrogen) atoms. The van der Waals surface area contributed by atoms with Gasteiger partial charge in [0.1, 0.15) is 16.6 Å². The normalized spacial score (nSPS) is 11.4. The van der Waals surface area contributed by atoms with E-state index in [9.17, 15) is 4.79 Å². The van der Waals surface area contributed by atoms with Gasteiger partial charge in [-0.1, -0.05) is 11.6 Å². The van der Waals surface area contributed by atoms with Gasteiger partial charge >= 0.3 is 6.09 Å². The highest BCUT2D eigenvalue weighted by molar-refractivity contribution is 6.30. The lowest BCUT2D eigenvalue weighted by atomic mass is 10.0. The summed E-state index contributed by atoms with van der Waals surface area (Å²) in [6.45, 7) is 7.29. The molecule has 0 atom stereocenters. The van der Waals surface area contributed by atoms with Gasteiger partial charge in [0.15, 0.2) is 0 Å². The van der Waals surface area contributed by atoms with E-state index >= 15 is 0 Å². The lowest BCUT2D eigenvalue weighted by Crippen LogP contribution is -2.27. The number of ether oxygens (including phenoxy) is 1. The second-order valence-corrected chi connectivity index (χ2v) is 7.28. The summed E-state index contributed by atoms with van der Waals surface area (Å²) in [5, 5.41) is 3.95. The molecular weight excluding hydrogens is 352 g/mol. The third kappa shape index (κ3) is 4.26. The van der Waals surface area contributed by atoms with E-state index in [1.807, 2.05) is 39.8 Å². The zero-order valence-corrected chi connectivity index (χ0v) is 15.8. The Morgan fingerprint density at radius 2 is 1.96 bits per heavy atom. The predicted octanol–water partition coefficient (Wildman–Crippen LogP) is 5.00. The van der Waals surface area contributed by atoms with Gasteiger partial charge < -0.3 is 4.74 Å². The Hall–Kier alpha value is -2.73. The van der Waals surface area contributed by atoms with Crippen LogP contribution in [0, 0.1) is 6.92 Å². The number of rotatable bonds is 2. The SMILES string of the molecule is Cc1cc(-c2ccnc3cnc(Cl)cc23)cc(NC(=O)OC(C)(C)C)n1. The number of halogens is 1. The van der Waals surface area contributed by atoms with Crippen LogP contribution >= 0.6 is 11.6 Å². The number of hydrogen-bond donors (Lipinski definition) is 1. The van der Waals surface area contributed by atoms with E-state index in [4.69, 9.17) is 16.3 Å². The summed E-state index contributed by atoms with van der Waals surface area (Å²) in [5.74, 6) is 0.416. The number of carbonyl (C=O) groups is 1. The second kappa shape index (κ2) is 6.88. The molecule has 0 saturated carbocycles. The van der Waals surface area contributed by atoms with E-state index in [-0.39, 0.29) is 0 Å². The van der Waals surface area contributed by atoms with Crippen molar-refractivity contribution < 1.29 is 9.53 Å². The van der Waals surface area contributed by atoms with Crippen LogP contribution in [0.5, 0.6) is 0 Å². The van der Waals surface area contributed by atoms with Crippen molar-refractivity contribution in [2.75, 3.05) is 5.32 Å². The van der Waals surface area contributed by atoms with Gasteiger partial charge in [-0.15, -0.1) is 0 Å². The highest BCUT2D eigenvalue weighted by Crippen LogP contribution is 2.30. The standard InChI is InChI=1S/C19H19ClN4O2/c1-11-7-12(8-17(23-11)24-18(25)26-19(2,3)4)13-5-6-21-15-10-22-16(20)9-14(13)15/h5-10H,1-4H3,(H,23,24,25). The van der Waals surface area contributed by atoms with Crippen LogP contribution in [0.15, 0.2) is 36.7 Å². The summed E-state index contributed by atoms with van der Waals surface area (Å²) >= 11 is 6.05. The summed E-state index contributed by atoms with van der Waals surface area (Å²) in [6, 6.07) is 7.39. The molecule has 3 rings (SSSR count). The fraction of sp³-hybridized carbons (Fsp3) is 0.263. The van der Waals surface area contributed by atoms with Gasteiger partial charge in [-0.2, -0.15) is 0 Å². The van der Waals surface area contributed by atoms with Crippen LogP contribution in [-0.2, 0) is 4.74 Å². The summed E-state index contributed by atoms with van der Waals surface area (Å²) < 4.78 is 5.29. The summed E-state index contributed by atoms with van der Waals surface area (Å²) in [4.78, 5) is 24.8. The van der Waals surface area contributed by atoms with Crippen LogP contribution in [0.3, 0.4) is 0 Å². The van der Waals surface area contributed by atoms with E-state index in [0.717, 1.165) is 27.7 Å². The molecule has 7 heteroatoms. The highest BCUT2D eigenvalue weighted by Gasteiger charge is 2.17. The fourth-order valence-electron chi connectivity index (χ4n) is 2.57. The molecule has 1 N–H and O–H groups in total. The van der Waals surface area contributed by atoms with Crippen LogP contribution in [0.1, 0.15) is 26.5 Å². The van der Waals surface area contributed by atoms with Crippen molar-refractivity contribution in [2.45, 2.75) is 33.3 Å². The molecule has 0 bridgehead atoms. The van der Waals surface area contributed by atoms with Gasteiger partial charge in [0, 0.05) is 17.3 Å². The van der Waals surface area contributed by atoms with Gasteiger partial charge in [0.05, 0.1) is 11.7 Å². The number of nitrogens with zero attached hydrogens (tertiary/aromatic N) is 3. The smallest absolute Gasteiger partial charge is 0.413 e. The largest absolute Gasteiger partial charge is 0.444 e. The molecule has 0 aliphatic heterocycles. The number of aryl methyl sites for hydroxylation is 1. The van der Waals surface area contributed by atoms with Gasteiger partial charge in [-0.25, -0.2) is 14.8 Å². The van der Waals surface area contributed by atoms with Gasteiger partial charge in [0.25, 0.3) is 0 Å². The third-order valence-corrected chi connectivity index (χ3v) is 3.69. The van der Waals surface area contributed by atoms with Crippen LogP contribution in [0.4, 0.5) is 10.6 Å².